The maximum absolute atomic E-state index is 12.5. The van der Waals surface area contributed by atoms with Crippen LogP contribution >= 0.6 is 0 Å². The smallest absolute Gasteiger partial charge is 0.410 e. The first-order chi connectivity index (χ1) is 10.6. The third-order valence-corrected chi connectivity index (χ3v) is 5.17. The van der Waals surface area contributed by atoms with Crippen LogP contribution in [0.4, 0.5) is 4.79 Å². The first kappa shape index (κ1) is 17.5. The second-order valence-corrected chi connectivity index (χ2v) is 8.12. The second-order valence-electron chi connectivity index (χ2n) is 6.24. The second kappa shape index (κ2) is 6.32. The molecule has 1 saturated heterocycles. The maximum Gasteiger partial charge on any atom is 0.410 e. The summed E-state index contributed by atoms with van der Waals surface area (Å²) in [6, 6.07) is 4.23. The van der Waals surface area contributed by atoms with E-state index in [1.807, 2.05) is 0 Å². The lowest BCUT2D eigenvalue weighted by molar-refractivity contribution is -0.646. The SMILES string of the molecule is CC(C)(C)OC(=O)N1CCN(S(=O)(=O)c2cccc[n+]2[O-])CC1. The molecule has 23 heavy (non-hydrogen) atoms. The standard InChI is InChI=1S/C14H21N3O5S/c1-14(2,3)22-13(18)15-8-10-16(11-9-15)23(20,21)12-6-4-5-7-17(12)19/h4-7H,8-11H2,1-3H3. The summed E-state index contributed by atoms with van der Waals surface area (Å²) in [5.41, 5.74) is -0.599. The Morgan fingerprint density at radius 1 is 1.22 bits per heavy atom. The quantitative estimate of drug-likeness (QED) is 0.578. The number of amides is 1. The molecule has 0 N–H and O–H groups in total. The van der Waals surface area contributed by atoms with Gasteiger partial charge in [-0.2, -0.15) is 9.04 Å². The monoisotopic (exact) mass is 343 g/mol. The van der Waals surface area contributed by atoms with Crippen LogP contribution in [0, 0.1) is 5.21 Å². The van der Waals surface area contributed by atoms with Crippen molar-refractivity contribution in [3.63, 3.8) is 0 Å². The molecule has 0 atom stereocenters. The molecule has 0 aromatic carbocycles. The van der Waals surface area contributed by atoms with E-state index in [1.54, 1.807) is 20.8 Å². The molecular weight excluding hydrogens is 322 g/mol. The molecule has 2 heterocycles. The third kappa shape index (κ3) is 4.11. The Kier molecular flexibility index (Phi) is 4.81. The van der Waals surface area contributed by atoms with Gasteiger partial charge in [0.05, 0.1) is 0 Å². The van der Waals surface area contributed by atoms with Gasteiger partial charge in [-0.1, -0.05) is 0 Å². The normalized spacial score (nSPS) is 17.1. The van der Waals surface area contributed by atoms with Crippen molar-refractivity contribution in [1.82, 2.24) is 9.21 Å². The molecule has 0 aliphatic carbocycles. The van der Waals surface area contributed by atoms with Gasteiger partial charge < -0.3 is 14.8 Å². The number of nitrogens with zero attached hydrogens (tertiary/aromatic N) is 3. The van der Waals surface area contributed by atoms with Crippen LogP contribution in [0.5, 0.6) is 0 Å². The minimum absolute atomic E-state index is 0.121. The molecule has 1 aromatic heterocycles. The first-order valence-corrected chi connectivity index (χ1v) is 8.71. The molecule has 1 aliphatic rings. The Balaban J connectivity index is 2.04. The van der Waals surface area contributed by atoms with Crippen LogP contribution < -0.4 is 4.73 Å². The van der Waals surface area contributed by atoms with Gasteiger partial charge in [-0.3, -0.25) is 0 Å². The Hall–Kier alpha value is -1.87. The number of hydrogen-bond donors (Lipinski definition) is 0. The van der Waals surface area contributed by atoms with Crippen LogP contribution in [0.3, 0.4) is 0 Å². The lowest BCUT2D eigenvalue weighted by Crippen LogP contribution is -2.53. The molecule has 1 amide bonds. The van der Waals surface area contributed by atoms with Crippen LogP contribution in [-0.2, 0) is 14.8 Å². The van der Waals surface area contributed by atoms with Crippen molar-refractivity contribution in [2.75, 3.05) is 26.2 Å². The number of piperazine rings is 1. The van der Waals surface area contributed by atoms with Gasteiger partial charge in [0, 0.05) is 38.3 Å². The van der Waals surface area contributed by atoms with Crippen molar-refractivity contribution in [2.45, 2.75) is 31.4 Å². The molecule has 8 nitrogen and oxygen atoms in total. The summed E-state index contributed by atoms with van der Waals surface area (Å²) >= 11 is 0. The summed E-state index contributed by atoms with van der Waals surface area (Å²) in [5.74, 6) is 0. The minimum atomic E-state index is -3.87. The van der Waals surface area contributed by atoms with Gasteiger partial charge in [-0.25, -0.2) is 13.2 Å². The number of pyridine rings is 1. The van der Waals surface area contributed by atoms with Crippen molar-refractivity contribution in [3.05, 3.63) is 29.6 Å². The number of ether oxygens (including phenoxy) is 1. The zero-order chi connectivity index (χ0) is 17.3. The fraction of sp³-hybridized carbons (Fsp3) is 0.571. The van der Waals surface area contributed by atoms with Crippen LogP contribution in [0.2, 0.25) is 0 Å². The fourth-order valence-corrected chi connectivity index (χ4v) is 3.63. The van der Waals surface area contributed by atoms with E-state index in [2.05, 4.69) is 0 Å². The fourth-order valence-electron chi connectivity index (χ4n) is 2.18. The number of hydrogen-bond acceptors (Lipinski definition) is 5. The van der Waals surface area contributed by atoms with Crippen LogP contribution in [0.15, 0.2) is 29.4 Å². The molecule has 1 aliphatic heterocycles. The molecule has 0 spiro atoms. The number of carbonyl (C=O) groups is 1. The Morgan fingerprint density at radius 3 is 2.35 bits per heavy atom. The number of carbonyl (C=O) groups excluding carboxylic acids is 1. The van der Waals surface area contributed by atoms with Gasteiger partial charge in [0.2, 0.25) is 0 Å². The molecule has 1 fully saturated rings. The summed E-state index contributed by atoms with van der Waals surface area (Å²) < 4.78 is 31.8. The molecule has 0 radical (unpaired) electrons. The van der Waals surface area contributed by atoms with Crippen molar-refractivity contribution in [3.8, 4) is 0 Å². The van der Waals surface area contributed by atoms with E-state index in [-0.39, 0.29) is 31.2 Å². The average Bonchev–Trinajstić information content (AvgIpc) is 2.46. The summed E-state index contributed by atoms with van der Waals surface area (Å²) in [4.78, 5) is 13.4. The van der Waals surface area contributed by atoms with Crippen molar-refractivity contribution < 1.29 is 22.7 Å². The van der Waals surface area contributed by atoms with Crippen LogP contribution in [0.1, 0.15) is 20.8 Å². The highest BCUT2D eigenvalue weighted by Crippen LogP contribution is 2.16. The van der Waals surface area contributed by atoms with Gasteiger partial charge in [-0.05, 0) is 26.8 Å². The predicted octanol–water partition coefficient (Wildman–Crippen LogP) is 0.561. The molecule has 0 saturated carbocycles. The Morgan fingerprint density at radius 2 is 1.83 bits per heavy atom. The lowest BCUT2D eigenvalue weighted by Gasteiger charge is -2.34. The molecule has 2 rings (SSSR count). The van der Waals surface area contributed by atoms with Crippen LogP contribution in [-0.4, -0.2) is 55.5 Å². The topological polar surface area (TPSA) is 93.9 Å². The van der Waals surface area contributed by atoms with E-state index in [0.29, 0.717) is 4.73 Å². The lowest BCUT2D eigenvalue weighted by atomic mass is 10.2. The minimum Gasteiger partial charge on any atom is -0.618 e. The van der Waals surface area contributed by atoms with E-state index < -0.39 is 21.7 Å². The van der Waals surface area contributed by atoms with Crippen molar-refractivity contribution in [2.24, 2.45) is 0 Å². The highest BCUT2D eigenvalue weighted by Gasteiger charge is 2.35. The number of sulfonamides is 1. The van der Waals surface area contributed by atoms with Crippen molar-refractivity contribution >= 4 is 16.1 Å². The molecular formula is C14H21N3O5S. The van der Waals surface area contributed by atoms with Gasteiger partial charge in [0.1, 0.15) is 5.60 Å². The Bertz CT molecular complexity index is 676. The number of aromatic nitrogens is 1. The molecule has 0 bridgehead atoms. The van der Waals surface area contributed by atoms with E-state index in [4.69, 9.17) is 4.74 Å². The zero-order valence-corrected chi connectivity index (χ0v) is 14.2. The molecule has 9 heteroatoms. The van der Waals surface area contributed by atoms with E-state index in [1.165, 1.54) is 27.4 Å². The summed E-state index contributed by atoms with van der Waals surface area (Å²) in [6.45, 7) is 6.00. The molecule has 0 unspecified atom stereocenters. The molecule has 1 aromatic rings. The average molecular weight is 343 g/mol. The van der Waals surface area contributed by atoms with E-state index in [0.717, 1.165) is 6.20 Å². The summed E-state index contributed by atoms with van der Waals surface area (Å²) in [5, 5.41) is 11.3. The molecule has 128 valence electrons. The van der Waals surface area contributed by atoms with Gasteiger partial charge in [0.15, 0.2) is 6.20 Å². The summed E-state index contributed by atoms with van der Waals surface area (Å²) in [6.07, 6.45) is 0.678. The van der Waals surface area contributed by atoms with Crippen LogP contribution in [0.25, 0.3) is 0 Å². The van der Waals surface area contributed by atoms with Gasteiger partial charge in [0.25, 0.3) is 0 Å². The third-order valence-electron chi connectivity index (χ3n) is 3.28. The van der Waals surface area contributed by atoms with Gasteiger partial charge >= 0.3 is 21.1 Å². The van der Waals surface area contributed by atoms with Gasteiger partial charge in [-0.15, -0.1) is 0 Å². The highest BCUT2D eigenvalue weighted by atomic mass is 32.2. The Labute approximate surface area is 135 Å². The van der Waals surface area contributed by atoms with Crippen molar-refractivity contribution in [1.29, 1.82) is 0 Å². The largest absolute Gasteiger partial charge is 0.618 e. The van der Waals surface area contributed by atoms with E-state index in [9.17, 15) is 18.4 Å². The number of rotatable bonds is 2. The highest BCUT2D eigenvalue weighted by molar-refractivity contribution is 7.88. The maximum atomic E-state index is 12.5. The first-order valence-electron chi connectivity index (χ1n) is 7.27. The predicted molar refractivity (Wildman–Crippen MR) is 82.0 cm³/mol. The van der Waals surface area contributed by atoms with E-state index >= 15 is 0 Å². The summed E-state index contributed by atoms with van der Waals surface area (Å²) in [7, 11) is -3.87. The zero-order valence-electron chi connectivity index (χ0n) is 13.4.